The molecule has 0 aromatic heterocycles. The topological polar surface area (TPSA) is 24.1 Å². The lowest BCUT2D eigenvalue weighted by molar-refractivity contribution is 0.137. The summed E-state index contributed by atoms with van der Waals surface area (Å²) in [6.45, 7) is 3.84. The molecule has 2 rings (SSSR count). The molecule has 1 aliphatic heterocycles. The monoisotopic (exact) mass is 222 g/mol. The van der Waals surface area contributed by atoms with Crippen LogP contribution in [0.3, 0.4) is 0 Å². The van der Waals surface area contributed by atoms with Gasteiger partial charge in [0, 0.05) is 12.2 Å². The fourth-order valence-corrected chi connectivity index (χ4v) is 2.10. The minimum atomic E-state index is -1.10. The summed E-state index contributed by atoms with van der Waals surface area (Å²) in [5, 5.41) is 6.29. The summed E-state index contributed by atoms with van der Waals surface area (Å²) in [6.07, 6.45) is 1.57. The molecule has 1 aromatic rings. The normalized spacial score (nSPS) is 25.4. The molecular formula is C13H19FN2. The predicted octanol–water partition coefficient (Wildman–Crippen LogP) is 2.50. The molecule has 16 heavy (non-hydrogen) atoms. The summed E-state index contributed by atoms with van der Waals surface area (Å²) in [7, 11) is 0. The number of nitrogens with one attached hydrogen (secondary N) is 2. The molecule has 1 unspecified atom stereocenters. The van der Waals surface area contributed by atoms with Crippen molar-refractivity contribution in [1.29, 1.82) is 0 Å². The smallest absolute Gasteiger partial charge is 0.140 e. The number of alkyl halides is 1. The lowest BCUT2D eigenvalue weighted by atomic mass is 9.96. The average Bonchev–Trinajstić information content (AvgIpc) is 2.28. The Morgan fingerprint density at radius 2 is 2.38 bits per heavy atom. The van der Waals surface area contributed by atoms with Crippen molar-refractivity contribution in [1.82, 2.24) is 5.32 Å². The minimum absolute atomic E-state index is 0.392. The second kappa shape index (κ2) is 4.83. The summed E-state index contributed by atoms with van der Waals surface area (Å²) >= 11 is 0. The van der Waals surface area contributed by atoms with Gasteiger partial charge in [0.15, 0.2) is 0 Å². The van der Waals surface area contributed by atoms with Gasteiger partial charge >= 0.3 is 0 Å². The molecule has 0 aliphatic carbocycles. The van der Waals surface area contributed by atoms with Gasteiger partial charge < -0.3 is 10.6 Å². The first-order valence-electron chi connectivity index (χ1n) is 5.88. The van der Waals surface area contributed by atoms with Gasteiger partial charge in [-0.3, -0.25) is 0 Å². The molecule has 1 fully saturated rings. The lowest BCUT2D eigenvalue weighted by Crippen LogP contribution is -2.46. The van der Waals surface area contributed by atoms with E-state index in [0.717, 1.165) is 18.7 Å². The first-order chi connectivity index (χ1) is 7.68. The molecular weight excluding hydrogens is 203 g/mol. The number of anilines is 1. The average molecular weight is 222 g/mol. The summed E-state index contributed by atoms with van der Waals surface area (Å²) in [5.41, 5.74) is 1.10. The Bertz CT molecular complexity index is 346. The largest absolute Gasteiger partial charge is 0.382 e. The molecule has 2 N–H and O–H groups in total. The van der Waals surface area contributed by atoms with Gasteiger partial charge in [0.1, 0.15) is 5.67 Å². The van der Waals surface area contributed by atoms with E-state index in [9.17, 15) is 4.39 Å². The fraction of sp³-hybridized carbons (Fsp3) is 0.538. The molecule has 0 saturated carbocycles. The zero-order valence-corrected chi connectivity index (χ0v) is 9.72. The van der Waals surface area contributed by atoms with Crippen LogP contribution in [-0.2, 0) is 0 Å². The highest BCUT2D eigenvalue weighted by atomic mass is 19.1. The Morgan fingerprint density at radius 3 is 3.06 bits per heavy atom. The van der Waals surface area contributed by atoms with Crippen LogP contribution >= 0.6 is 0 Å². The van der Waals surface area contributed by atoms with Crippen molar-refractivity contribution in [3.8, 4) is 0 Å². The van der Waals surface area contributed by atoms with E-state index < -0.39 is 5.67 Å². The van der Waals surface area contributed by atoms with E-state index in [4.69, 9.17) is 0 Å². The van der Waals surface area contributed by atoms with Crippen LogP contribution in [0.4, 0.5) is 10.1 Å². The van der Waals surface area contributed by atoms with Gasteiger partial charge in [0.2, 0.25) is 0 Å². The third-order valence-electron chi connectivity index (χ3n) is 3.05. The fourth-order valence-electron chi connectivity index (χ4n) is 2.10. The predicted molar refractivity (Wildman–Crippen MR) is 65.6 cm³/mol. The molecule has 0 bridgehead atoms. The molecule has 2 nitrogen and oxygen atoms in total. The van der Waals surface area contributed by atoms with Crippen molar-refractivity contribution in [3.05, 3.63) is 29.8 Å². The second-order valence-corrected chi connectivity index (χ2v) is 4.65. The number of piperidine rings is 1. The van der Waals surface area contributed by atoms with Crippen LogP contribution in [-0.4, -0.2) is 25.3 Å². The Morgan fingerprint density at radius 1 is 1.50 bits per heavy atom. The van der Waals surface area contributed by atoms with E-state index in [1.54, 1.807) is 0 Å². The van der Waals surface area contributed by atoms with Gasteiger partial charge in [-0.1, -0.05) is 12.1 Å². The van der Waals surface area contributed by atoms with E-state index in [1.165, 1.54) is 5.56 Å². The molecule has 1 atom stereocenters. The summed E-state index contributed by atoms with van der Waals surface area (Å²) in [4.78, 5) is 0. The Kier molecular flexibility index (Phi) is 3.44. The molecule has 1 aliphatic rings. The molecule has 1 aromatic carbocycles. The number of benzene rings is 1. The number of rotatable bonds is 3. The first kappa shape index (κ1) is 11.4. The van der Waals surface area contributed by atoms with Crippen molar-refractivity contribution >= 4 is 5.69 Å². The SMILES string of the molecule is Cc1cccc(NCC2(F)CCCNC2)c1. The molecule has 0 spiro atoms. The van der Waals surface area contributed by atoms with Gasteiger partial charge in [0.05, 0.1) is 6.54 Å². The highest BCUT2D eigenvalue weighted by Crippen LogP contribution is 2.22. The van der Waals surface area contributed by atoms with Crippen LogP contribution in [0.2, 0.25) is 0 Å². The van der Waals surface area contributed by atoms with Crippen molar-refractivity contribution in [2.75, 3.05) is 25.0 Å². The van der Waals surface area contributed by atoms with Gasteiger partial charge in [-0.2, -0.15) is 0 Å². The van der Waals surface area contributed by atoms with Crippen molar-refractivity contribution < 1.29 is 4.39 Å². The van der Waals surface area contributed by atoms with Crippen molar-refractivity contribution in [2.45, 2.75) is 25.4 Å². The molecule has 1 saturated heterocycles. The van der Waals surface area contributed by atoms with Crippen molar-refractivity contribution in [3.63, 3.8) is 0 Å². The second-order valence-electron chi connectivity index (χ2n) is 4.65. The van der Waals surface area contributed by atoms with Crippen molar-refractivity contribution in [2.24, 2.45) is 0 Å². The number of hydrogen-bond acceptors (Lipinski definition) is 2. The standard InChI is InChI=1S/C13H19FN2/c1-11-4-2-5-12(8-11)16-10-13(14)6-3-7-15-9-13/h2,4-5,8,15-16H,3,6-7,9-10H2,1H3. The Hall–Kier alpha value is -1.09. The quantitative estimate of drug-likeness (QED) is 0.821. The maximum absolute atomic E-state index is 14.2. The summed E-state index contributed by atoms with van der Waals surface area (Å²) in [6, 6.07) is 8.05. The molecule has 3 heteroatoms. The van der Waals surface area contributed by atoms with Crippen LogP contribution in [0, 0.1) is 6.92 Å². The van der Waals surface area contributed by atoms with Gasteiger partial charge in [-0.25, -0.2) is 4.39 Å². The van der Waals surface area contributed by atoms with E-state index in [0.29, 0.717) is 19.5 Å². The first-order valence-corrected chi connectivity index (χ1v) is 5.88. The maximum Gasteiger partial charge on any atom is 0.140 e. The number of halogens is 1. The molecule has 1 heterocycles. The van der Waals surface area contributed by atoms with E-state index >= 15 is 0 Å². The zero-order chi connectivity index (χ0) is 11.4. The highest BCUT2D eigenvalue weighted by Gasteiger charge is 2.31. The molecule has 0 amide bonds. The minimum Gasteiger partial charge on any atom is -0.382 e. The van der Waals surface area contributed by atoms with Crippen LogP contribution < -0.4 is 10.6 Å². The third kappa shape index (κ3) is 2.95. The summed E-state index contributed by atoms with van der Waals surface area (Å²) < 4.78 is 14.2. The van der Waals surface area contributed by atoms with E-state index in [2.05, 4.69) is 10.6 Å². The van der Waals surface area contributed by atoms with Crippen LogP contribution in [0.15, 0.2) is 24.3 Å². The van der Waals surface area contributed by atoms with Crippen LogP contribution in [0.1, 0.15) is 18.4 Å². The van der Waals surface area contributed by atoms with Gasteiger partial charge in [0.25, 0.3) is 0 Å². The lowest BCUT2D eigenvalue weighted by Gasteiger charge is -2.30. The highest BCUT2D eigenvalue weighted by molar-refractivity contribution is 5.45. The zero-order valence-electron chi connectivity index (χ0n) is 9.72. The van der Waals surface area contributed by atoms with E-state index in [-0.39, 0.29) is 0 Å². The maximum atomic E-state index is 14.2. The Labute approximate surface area is 96.2 Å². The van der Waals surface area contributed by atoms with Crippen LogP contribution in [0.25, 0.3) is 0 Å². The molecule has 0 radical (unpaired) electrons. The summed E-state index contributed by atoms with van der Waals surface area (Å²) in [5.74, 6) is 0. The molecule has 88 valence electrons. The third-order valence-corrected chi connectivity index (χ3v) is 3.05. The number of hydrogen-bond donors (Lipinski definition) is 2. The Balaban J connectivity index is 1.91. The van der Waals surface area contributed by atoms with E-state index in [1.807, 2.05) is 31.2 Å². The van der Waals surface area contributed by atoms with Gasteiger partial charge in [-0.15, -0.1) is 0 Å². The van der Waals surface area contributed by atoms with Crippen LogP contribution in [0.5, 0.6) is 0 Å². The van der Waals surface area contributed by atoms with Gasteiger partial charge in [-0.05, 0) is 44.0 Å². The number of aryl methyl sites for hydroxylation is 1.